The molecule has 4 heterocycles. The van der Waals surface area contributed by atoms with Crippen molar-refractivity contribution >= 4 is 165 Å². The Labute approximate surface area is 860 Å². The molecule has 0 bridgehead atoms. The highest BCUT2D eigenvalue weighted by Crippen LogP contribution is 2.48. The molecule has 0 spiro atoms. The Bertz CT molecular complexity index is 6990. The Morgan fingerprint density at radius 1 is 0.314 bits per heavy atom. The van der Waals surface area contributed by atoms with E-state index in [1.807, 2.05) is 130 Å². The van der Waals surface area contributed by atoms with Crippen LogP contribution < -0.4 is 5.32 Å². The lowest BCUT2D eigenvalue weighted by atomic mass is 9.93. The minimum Gasteiger partial charge on any atom is -0.481 e. The van der Waals surface area contributed by atoms with Gasteiger partial charge in [-0.3, -0.25) is 33.9 Å². The van der Waals surface area contributed by atoms with E-state index in [0.717, 1.165) is 105 Å². The van der Waals surface area contributed by atoms with Crippen molar-refractivity contribution in [2.75, 3.05) is 26.2 Å². The zero-order valence-electron chi connectivity index (χ0n) is 79.6. The summed E-state index contributed by atoms with van der Waals surface area (Å²) in [5, 5.41) is 37.1. The number of carbonyl (C=O) groups is 5. The Morgan fingerprint density at radius 3 is 0.900 bits per heavy atom. The van der Waals surface area contributed by atoms with Gasteiger partial charge in [0.1, 0.15) is 5.60 Å². The minimum absolute atomic E-state index is 0.00750. The summed E-state index contributed by atoms with van der Waals surface area (Å²) in [6.45, 7) is 19.8. The number of esters is 1. The van der Waals surface area contributed by atoms with Crippen LogP contribution in [0.2, 0.25) is 40.2 Å². The van der Waals surface area contributed by atoms with Crippen molar-refractivity contribution in [2.24, 2.45) is 0 Å². The van der Waals surface area contributed by atoms with Crippen molar-refractivity contribution in [1.82, 2.24) is 20.0 Å². The quantitative estimate of drug-likeness (QED) is 0.0368. The summed E-state index contributed by atoms with van der Waals surface area (Å²) < 4.78 is 5.35. The lowest BCUT2D eigenvalue weighted by Crippen LogP contribution is -2.23. The molecule has 718 valence electrons. The van der Waals surface area contributed by atoms with Crippen molar-refractivity contribution < 1.29 is 38.9 Å². The third-order valence-corrected chi connectivity index (χ3v) is 29.1. The third kappa shape index (κ3) is 27.2. The predicted octanol–water partition coefficient (Wildman–Crippen LogP) is 32.7. The molecule has 4 aliphatic heterocycles. The van der Waals surface area contributed by atoms with Gasteiger partial charge in [0.25, 0.3) is 0 Å². The van der Waals surface area contributed by atoms with Gasteiger partial charge in [-0.25, -0.2) is 4.79 Å². The first kappa shape index (κ1) is 102. The van der Waals surface area contributed by atoms with Crippen molar-refractivity contribution in [3.8, 4) is 0 Å². The van der Waals surface area contributed by atoms with Crippen LogP contribution in [0.4, 0.5) is 0 Å². The standard InChI is InChI=1S/C37H39Cl2NO3.C33H31Cl2NO3.C29H25Cl2NO2.C21H19Cl2N/c1-24-8-11-28-17-29(15-14-27(28)16-24)34-20-31(30-18-32(38)21-33(39)19-30)23-40(34)22-25-9-12-26(13-10-25)35(41)6-5-7-36(42)43-37(2,3)4;1-21-5-8-25-14-26(12-11-24(25)13-21)31-17-28(27-15-29(34)18-30(35)16-27)20-36(31)19-22-6-9-23(10-7-22)32(37)3-2-4-33(38)39;1-18-2-5-22-11-23(9-8-21(22)10-18)28-14-25(24-12-26(30)15-27(31)13-24)17-32(28)16-19-3-6-20(7-4-19)29(33)34;1-13-2-3-15-7-16(5-4-14(15)6-13)21-10-18(12-24-21)17-8-19(22)11-20(23)9-17/h8-19,21,31,34H,5-7,20,22-23H2,1-4H3;5-16,18,28,31H,2-4,17,19-20H2,1H3,(H,38,39);2-13,15,25,28H,14,16-17H2,1H3,(H,33,34);2-9,11,18,21,24H,10,12H2,1H3/t31-,34-;28-,31-;25-,28-;18-,21-/m1111/s1. The number of aromatic carboxylic acids is 1. The zero-order chi connectivity index (χ0) is 98.7. The summed E-state index contributed by atoms with van der Waals surface area (Å²) in [5.74, 6) is -0.711. The first-order valence-electron chi connectivity index (χ1n) is 47.9. The van der Waals surface area contributed by atoms with Gasteiger partial charge in [0.15, 0.2) is 11.6 Å². The zero-order valence-corrected chi connectivity index (χ0v) is 85.6. The van der Waals surface area contributed by atoms with Gasteiger partial charge < -0.3 is 20.3 Å². The number of aryl methyl sites for hydroxylation is 4. The van der Waals surface area contributed by atoms with Gasteiger partial charge in [-0.05, 0) is 324 Å². The molecule has 0 amide bonds. The monoisotopic (exact) mass is 2020 g/mol. The van der Waals surface area contributed by atoms with Crippen LogP contribution in [0.1, 0.15) is 247 Å². The maximum Gasteiger partial charge on any atom is 0.335 e. The number of rotatable bonds is 25. The molecule has 4 saturated heterocycles. The number of Topliss-reactive ketones (excluding diaryl/α,β-unsaturated/α-hetero) is 2. The molecule has 4 aliphatic rings. The van der Waals surface area contributed by atoms with Gasteiger partial charge >= 0.3 is 17.9 Å². The Morgan fingerprint density at radius 2 is 0.593 bits per heavy atom. The number of benzene rings is 15. The topological polar surface area (TPSA) is 157 Å². The van der Waals surface area contributed by atoms with E-state index in [4.69, 9.17) is 103 Å². The summed E-state index contributed by atoms with van der Waals surface area (Å²) in [6, 6.07) is 101. The minimum atomic E-state index is -0.908. The van der Waals surface area contributed by atoms with Crippen LogP contribution in [0.3, 0.4) is 0 Å². The van der Waals surface area contributed by atoms with E-state index in [1.54, 1.807) is 36.4 Å². The van der Waals surface area contributed by atoms with E-state index in [9.17, 15) is 29.1 Å². The van der Waals surface area contributed by atoms with Crippen LogP contribution in [0, 0.1) is 27.7 Å². The summed E-state index contributed by atoms with van der Waals surface area (Å²) in [4.78, 5) is 66.8. The van der Waals surface area contributed by atoms with Crippen LogP contribution in [0.15, 0.2) is 291 Å². The average molecular weight is 2020 g/mol. The molecule has 0 unspecified atom stereocenters. The molecule has 15 aromatic carbocycles. The highest BCUT2D eigenvalue weighted by atomic mass is 35.5. The van der Waals surface area contributed by atoms with Crippen molar-refractivity contribution in [3.63, 3.8) is 0 Å². The maximum absolute atomic E-state index is 12.8. The van der Waals surface area contributed by atoms with Gasteiger partial charge in [0.05, 0.1) is 5.56 Å². The number of hydrogen-bond acceptors (Lipinski definition) is 10. The van der Waals surface area contributed by atoms with Crippen molar-refractivity contribution in [3.05, 3.63) is 432 Å². The van der Waals surface area contributed by atoms with E-state index in [1.165, 1.54) is 93.2 Å². The molecule has 12 nitrogen and oxygen atoms in total. The smallest absolute Gasteiger partial charge is 0.335 e. The molecule has 15 aromatic rings. The molecule has 8 atom stereocenters. The van der Waals surface area contributed by atoms with Crippen LogP contribution >= 0.6 is 92.8 Å². The van der Waals surface area contributed by atoms with E-state index >= 15 is 0 Å². The second-order valence-electron chi connectivity index (χ2n) is 39.2. The van der Waals surface area contributed by atoms with Gasteiger partial charge in [-0.1, -0.05) is 297 Å². The molecule has 0 saturated carbocycles. The molecule has 3 N–H and O–H groups in total. The largest absolute Gasteiger partial charge is 0.481 e. The fourth-order valence-electron chi connectivity index (χ4n) is 20.4. The Kier molecular flexibility index (Phi) is 33.6. The number of aliphatic carboxylic acids is 1. The molecule has 0 aliphatic carbocycles. The molecule has 4 fully saturated rings. The molecule has 19 rings (SSSR count). The summed E-state index contributed by atoms with van der Waals surface area (Å²) in [6.07, 6.45) is 5.57. The van der Waals surface area contributed by atoms with E-state index in [-0.39, 0.29) is 60.8 Å². The molecule has 0 aromatic heterocycles. The van der Waals surface area contributed by atoms with Gasteiger partial charge in [-0.15, -0.1) is 0 Å². The van der Waals surface area contributed by atoms with Gasteiger partial charge in [0.2, 0.25) is 0 Å². The number of ketones is 2. The average Bonchev–Trinajstić information content (AvgIpc) is 1.65. The molecular formula is C120H114Cl8N4O8. The van der Waals surface area contributed by atoms with E-state index in [0.29, 0.717) is 99.9 Å². The summed E-state index contributed by atoms with van der Waals surface area (Å²) in [5.41, 5.74) is 19.4. The number of carboxylic acid groups (broad SMARTS) is 2. The highest BCUT2D eigenvalue weighted by Gasteiger charge is 2.39. The molecule has 20 heteroatoms. The molecule has 140 heavy (non-hydrogen) atoms. The predicted molar refractivity (Wildman–Crippen MR) is 576 cm³/mol. The fourth-order valence-corrected chi connectivity index (χ4v) is 22.6. The summed E-state index contributed by atoms with van der Waals surface area (Å²) in [7, 11) is 0. The Hall–Kier alpha value is -10.8. The number of nitrogens with zero attached hydrogens (tertiary/aromatic N) is 3. The van der Waals surface area contributed by atoms with Crippen molar-refractivity contribution in [1.29, 1.82) is 0 Å². The lowest BCUT2D eigenvalue weighted by molar-refractivity contribution is -0.154. The number of halogens is 8. The van der Waals surface area contributed by atoms with Crippen LogP contribution in [-0.2, 0) is 34.0 Å². The van der Waals surface area contributed by atoms with E-state index < -0.39 is 17.5 Å². The van der Waals surface area contributed by atoms with Gasteiger partial charge in [0, 0.05) is 147 Å². The number of likely N-dealkylation sites (tertiary alicyclic amines) is 3. The number of carbonyl (C=O) groups excluding carboxylic acids is 3. The first-order valence-corrected chi connectivity index (χ1v) is 51.0. The first-order chi connectivity index (χ1) is 67.1. The number of ether oxygens (including phenoxy) is 1. The second-order valence-corrected chi connectivity index (χ2v) is 42.7. The number of fused-ring (bicyclic) bond motifs is 4. The SMILES string of the molecule is Cc1ccc2cc([C@H]3C[C@@H](c4cc(Cl)cc(Cl)c4)CN3)ccc2c1.Cc1ccc2cc([C@H]3C[C@@H](c4cc(Cl)cc(Cl)c4)CN3Cc3ccc(C(=O)CCCC(=O)O)cc3)ccc2c1.Cc1ccc2cc([C@H]3C[C@@H](c4cc(Cl)cc(Cl)c4)CN3Cc3ccc(C(=O)CCCC(=O)OC(C)(C)C)cc3)ccc2c1.Cc1ccc2cc([C@H]3C[C@@H](c4cc(Cl)cc(Cl)c4)CN3Cc3ccc(C(=O)O)cc3)ccc2c1. The lowest BCUT2D eigenvalue weighted by Gasteiger charge is -2.25. The number of carboxylic acids is 2. The number of hydrogen-bond donors (Lipinski definition) is 3. The molecule has 0 radical (unpaired) electrons. The van der Waals surface area contributed by atoms with Crippen molar-refractivity contribution in [2.45, 2.75) is 186 Å². The third-order valence-electron chi connectivity index (χ3n) is 27.3. The van der Waals surface area contributed by atoms with E-state index in [2.05, 4.69) is 193 Å². The van der Waals surface area contributed by atoms with Crippen LogP contribution in [-0.4, -0.2) is 86.2 Å². The second kappa shape index (κ2) is 46.1. The summed E-state index contributed by atoms with van der Waals surface area (Å²) >= 11 is 50.5. The maximum atomic E-state index is 12.8. The molecular weight excluding hydrogens is 1910 g/mol. The highest BCUT2D eigenvalue weighted by molar-refractivity contribution is 6.36. The van der Waals surface area contributed by atoms with Gasteiger partial charge in [-0.2, -0.15) is 0 Å². The fraction of sp³-hybridized carbons (Fsp3) is 0.275. The van der Waals surface area contributed by atoms with Crippen LogP contribution in [0.5, 0.6) is 0 Å². The number of nitrogens with one attached hydrogen (secondary N) is 1. The normalized spacial score (nSPS) is 18.2. The van der Waals surface area contributed by atoms with Crippen LogP contribution in [0.25, 0.3) is 43.1 Å². The Balaban J connectivity index is 0.000000137.